The normalized spacial score (nSPS) is 15.1. The van der Waals surface area contributed by atoms with Crippen LogP contribution in [-0.2, 0) is 22.6 Å². The van der Waals surface area contributed by atoms with Crippen LogP contribution in [0.25, 0.3) is 11.1 Å². The second kappa shape index (κ2) is 14.1. The van der Waals surface area contributed by atoms with E-state index in [0.29, 0.717) is 17.3 Å². The summed E-state index contributed by atoms with van der Waals surface area (Å²) in [6.45, 7) is 2.42. The number of hydrogen-bond donors (Lipinski definition) is 2. The van der Waals surface area contributed by atoms with Crippen molar-refractivity contribution < 1.29 is 19.5 Å². The molecular formula is C37H39N3O4S. The summed E-state index contributed by atoms with van der Waals surface area (Å²) >= 11 is 1.42. The number of benzene rings is 3. The number of piperidine rings is 1. The summed E-state index contributed by atoms with van der Waals surface area (Å²) in [7, 11) is 0. The standard InChI is InChI=1S/C37H39N3O4S/c41-35(42)17-20-40(37(44)29-11-12-29)25-28-8-4-9-30(23-28)31-13-14-33(32(24-31)38-36(43)34-10-5-21-45-34)39-18-15-27(16-19-39)22-26-6-2-1-3-7-26/h1-10,13-14,21,23-24,27,29H,11-12,15-20,22,25H2,(H,38,43)(H,41,42). The Labute approximate surface area is 268 Å². The van der Waals surface area contributed by atoms with Gasteiger partial charge in [-0.1, -0.05) is 60.7 Å². The number of amides is 2. The predicted octanol–water partition coefficient (Wildman–Crippen LogP) is 7.34. The molecule has 6 rings (SSSR count). The third-order valence-corrected chi connectivity index (χ3v) is 9.65. The first-order valence-electron chi connectivity index (χ1n) is 15.8. The lowest BCUT2D eigenvalue weighted by Gasteiger charge is -2.35. The molecule has 7 nitrogen and oxygen atoms in total. The van der Waals surface area contributed by atoms with Crippen molar-refractivity contribution in [2.24, 2.45) is 11.8 Å². The molecule has 2 amide bonds. The zero-order valence-corrected chi connectivity index (χ0v) is 26.2. The van der Waals surface area contributed by atoms with E-state index in [1.54, 1.807) is 4.90 Å². The minimum Gasteiger partial charge on any atom is -0.481 e. The lowest BCUT2D eigenvalue weighted by molar-refractivity contribution is -0.139. The van der Waals surface area contributed by atoms with E-state index in [4.69, 9.17) is 0 Å². The van der Waals surface area contributed by atoms with Crippen molar-refractivity contribution >= 4 is 40.5 Å². The quantitative estimate of drug-likeness (QED) is 0.173. The van der Waals surface area contributed by atoms with E-state index >= 15 is 0 Å². The van der Waals surface area contributed by atoms with Gasteiger partial charge < -0.3 is 20.2 Å². The van der Waals surface area contributed by atoms with Gasteiger partial charge in [-0.25, -0.2) is 0 Å². The lowest BCUT2D eigenvalue weighted by Crippen LogP contribution is -2.35. The van der Waals surface area contributed by atoms with Crippen molar-refractivity contribution in [1.82, 2.24) is 4.90 Å². The van der Waals surface area contributed by atoms with Gasteiger partial charge in [-0.15, -0.1) is 11.3 Å². The Balaban J connectivity index is 1.22. The largest absolute Gasteiger partial charge is 0.481 e. The first kappa shape index (κ1) is 30.6. The van der Waals surface area contributed by atoms with Gasteiger partial charge in [0.15, 0.2) is 0 Å². The van der Waals surface area contributed by atoms with Gasteiger partial charge in [-0.2, -0.15) is 0 Å². The van der Waals surface area contributed by atoms with Crippen LogP contribution in [0.4, 0.5) is 11.4 Å². The average Bonchev–Trinajstić information content (AvgIpc) is 3.76. The molecule has 1 aromatic heterocycles. The van der Waals surface area contributed by atoms with E-state index in [1.807, 2.05) is 41.8 Å². The maximum absolute atomic E-state index is 13.2. The minimum atomic E-state index is -0.907. The van der Waals surface area contributed by atoms with Gasteiger partial charge in [0.05, 0.1) is 22.7 Å². The number of carboxylic acids is 1. The highest BCUT2D eigenvalue weighted by Gasteiger charge is 2.33. The molecule has 0 radical (unpaired) electrons. The molecule has 2 aliphatic rings. The fraction of sp³-hybridized carbons (Fsp3) is 0.324. The molecule has 1 aliphatic heterocycles. The molecule has 1 saturated carbocycles. The van der Waals surface area contributed by atoms with Gasteiger partial charge in [0.25, 0.3) is 5.91 Å². The Kier molecular flexibility index (Phi) is 9.60. The van der Waals surface area contributed by atoms with E-state index in [2.05, 4.69) is 58.7 Å². The SMILES string of the molecule is O=C(O)CCN(Cc1cccc(-c2ccc(N3CCC(Cc4ccccc4)CC3)c(NC(=O)c3cccs3)c2)c1)C(=O)C1CC1. The van der Waals surface area contributed by atoms with Crippen LogP contribution in [0.1, 0.15) is 52.9 Å². The Bertz CT molecular complexity index is 1630. The molecule has 1 saturated heterocycles. The van der Waals surface area contributed by atoms with Crippen molar-refractivity contribution in [3.05, 3.63) is 106 Å². The monoisotopic (exact) mass is 621 g/mol. The molecule has 232 valence electrons. The summed E-state index contributed by atoms with van der Waals surface area (Å²) in [5.41, 5.74) is 6.07. The molecule has 2 heterocycles. The number of thiophene rings is 1. The maximum atomic E-state index is 13.2. The van der Waals surface area contributed by atoms with Crippen LogP contribution >= 0.6 is 11.3 Å². The van der Waals surface area contributed by atoms with E-state index in [9.17, 15) is 19.5 Å². The van der Waals surface area contributed by atoms with Crippen LogP contribution in [0.3, 0.4) is 0 Å². The van der Waals surface area contributed by atoms with Gasteiger partial charge in [-0.05, 0) is 89.9 Å². The van der Waals surface area contributed by atoms with Crippen LogP contribution in [-0.4, -0.2) is 47.4 Å². The van der Waals surface area contributed by atoms with Gasteiger partial charge in [-0.3, -0.25) is 14.4 Å². The average molecular weight is 622 g/mol. The smallest absolute Gasteiger partial charge is 0.305 e. The third-order valence-electron chi connectivity index (χ3n) is 8.78. The molecule has 3 aromatic carbocycles. The van der Waals surface area contributed by atoms with Crippen molar-refractivity contribution in [1.29, 1.82) is 0 Å². The number of rotatable bonds is 12. The van der Waals surface area contributed by atoms with Gasteiger partial charge in [0, 0.05) is 32.1 Å². The van der Waals surface area contributed by atoms with Crippen molar-refractivity contribution in [2.45, 2.75) is 45.1 Å². The summed E-state index contributed by atoms with van der Waals surface area (Å²) in [5, 5.41) is 14.3. The van der Waals surface area contributed by atoms with Crippen molar-refractivity contribution in [3.8, 4) is 11.1 Å². The number of nitrogens with one attached hydrogen (secondary N) is 1. The molecule has 0 spiro atoms. The van der Waals surface area contributed by atoms with Crippen LogP contribution in [0, 0.1) is 11.8 Å². The second-order valence-corrected chi connectivity index (χ2v) is 13.1. The van der Waals surface area contributed by atoms with E-state index < -0.39 is 5.97 Å². The Morgan fingerprint density at radius 3 is 2.31 bits per heavy atom. The molecule has 0 unspecified atom stereocenters. The third kappa shape index (κ3) is 8.00. The van der Waals surface area contributed by atoms with Crippen LogP contribution in [0.15, 0.2) is 90.3 Å². The molecule has 1 aliphatic carbocycles. The molecule has 8 heteroatoms. The van der Waals surface area contributed by atoms with Crippen molar-refractivity contribution in [3.63, 3.8) is 0 Å². The lowest BCUT2D eigenvalue weighted by atomic mass is 9.90. The fourth-order valence-corrected chi connectivity index (χ4v) is 6.78. The molecule has 45 heavy (non-hydrogen) atoms. The Morgan fingerprint density at radius 2 is 1.60 bits per heavy atom. The predicted molar refractivity (Wildman–Crippen MR) is 180 cm³/mol. The number of carboxylic acid groups (broad SMARTS) is 1. The maximum Gasteiger partial charge on any atom is 0.305 e. The summed E-state index contributed by atoms with van der Waals surface area (Å²) < 4.78 is 0. The van der Waals surface area contributed by atoms with E-state index in [-0.39, 0.29) is 30.7 Å². The number of carbonyl (C=O) groups is 3. The topological polar surface area (TPSA) is 89.9 Å². The number of hydrogen-bond acceptors (Lipinski definition) is 5. The second-order valence-electron chi connectivity index (χ2n) is 12.2. The highest BCUT2D eigenvalue weighted by Crippen LogP contribution is 2.36. The number of nitrogens with zero attached hydrogens (tertiary/aromatic N) is 2. The molecule has 2 N–H and O–H groups in total. The molecule has 4 aromatic rings. The Hall–Kier alpha value is -4.43. The summed E-state index contributed by atoms with van der Waals surface area (Å²) in [5.74, 6) is -0.333. The zero-order valence-electron chi connectivity index (χ0n) is 25.4. The number of aliphatic carboxylic acids is 1. The Morgan fingerprint density at radius 1 is 0.844 bits per heavy atom. The molecule has 2 fully saturated rings. The van der Waals surface area contributed by atoms with E-state index in [0.717, 1.165) is 73.3 Å². The number of carbonyl (C=O) groups excluding carboxylic acids is 2. The minimum absolute atomic E-state index is 0.0208. The summed E-state index contributed by atoms with van der Waals surface area (Å²) in [4.78, 5) is 42.1. The molecule has 0 atom stereocenters. The van der Waals surface area contributed by atoms with Crippen molar-refractivity contribution in [2.75, 3.05) is 29.9 Å². The van der Waals surface area contributed by atoms with E-state index in [1.165, 1.54) is 16.9 Å². The molecular weight excluding hydrogens is 582 g/mol. The highest BCUT2D eigenvalue weighted by atomic mass is 32.1. The first-order valence-corrected chi connectivity index (χ1v) is 16.7. The summed E-state index contributed by atoms with van der Waals surface area (Å²) in [6.07, 6.45) is 4.95. The van der Waals surface area contributed by atoms with Gasteiger partial charge in [0.2, 0.25) is 5.91 Å². The molecule has 0 bridgehead atoms. The highest BCUT2D eigenvalue weighted by molar-refractivity contribution is 7.12. The summed E-state index contributed by atoms with van der Waals surface area (Å²) in [6, 6.07) is 28.7. The zero-order chi connectivity index (χ0) is 31.2. The van der Waals surface area contributed by atoms with Crippen LogP contribution < -0.4 is 10.2 Å². The fourth-order valence-electron chi connectivity index (χ4n) is 6.16. The van der Waals surface area contributed by atoms with Crippen LogP contribution in [0.2, 0.25) is 0 Å². The number of anilines is 2. The van der Waals surface area contributed by atoms with Gasteiger partial charge >= 0.3 is 5.97 Å². The first-order chi connectivity index (χ1) is 21.9. The van der Waals surface area contributed by atoms with Crippen LogP contribution in [0.5, 0.6) is 0 Å². The van der Waals surface area contributed by atoms with Gasteiger partial charge in [0.1, 0.15) is 0 Å².